The third-order valence-corrected chi connectivity index (χ3v) is 3.92. The predicted octanol–water partition coefficient (Wildman–Crippen LogP) is 3.07. The van der Waals surface area contributed by atoms with Crippen LogP contribution in [0.15, 0.2) is 42.9 Å². The Balaban J connectivity index is 1.72. The van der Waals surface area contributed by atoms with Crippen molar-refractivity contribution in [3.05, 3.63) is 48.5 Å². The minimum absolute atomic E-state index is 0.321. The van der Waals surface area contributed by atoms with Gasteiger partial charge in [0, 0.05) is 54.0 Å². The van der Waals surface area contributed by atoms with Crippen LogP contribution in [0.2, 0.25) is 0 Å². The molecule has 0 amide bonds. The van der Waals surface area contributed by atoms with E-state index in [2.05, 4.69) is 21.0 Å². The fourth-order valence-corrected chi connectivity index (χ4v) is 2.72. The van der Waals surface area contributed by atoms with Crippen LogP contribution in [0.1, 0.15) is 24.5 Å². The van der Waals surface area contributed by atoms with Crippen molar-refractivity contribution in [2.45, 2.75) is 18.8 Å². The summed E-state index contributed by atoms with van der Waals surface area (Å²) in [4.78, 5) is 23.0. The molecule has 4 nitrogen and oxygen atoms in total. The number of carbonyl (C=O) groups is 1. The zero-order valence-corrected chi connectivity index (χ0v) is 10.8. The molecule has 3 heterocycles. The molecule has 4 rings (SSSR count). The second-order valence-electron chi connectivity index (χ2n) is 5.21. The SMILES string of the molecule is O=C1CC(c2ccc(-c3ccnc4[nH]ccc34)cn2)C1. The number of ketones is 1. The molecule has 0 saturated heterocycles. The summed E-state index contributed by atoms with van der Waals surface area (Å²) in [5.41, 5.74) is 4.11. The number of nitrogens with one attached hydrogen (secondary N) is 1. The van der Waals surface area contributed by atoms with E-state index in [1.165, 1.54) is 0 Å². The van der Waals surface area contributed by atoms with Crippen molar-refractivity contribution in [1.82, 2.24) is 15.0 Å². The summed E-state index contributed by atoms with van der Waals surface area (Å²) < 4.78 is 0. The summed E-state index contributed by atoms with van der Waals surface area (Å²) in [5, 5.41) is 1.10. The first-order valence-electron chi connectivity index (χ1n) is 6.71. The van der Waals surface area contributed by atoms with Gasteiger partial charge in [0.1, 0.15) is 11.4 Å². The first-order valence-corrected chi connectivity index (χ1v) is 6.71. The Kier molecular flexibility index (Phi) is 2.42. The summed E-state index contributed by atoms with van der Waals surface area (Å²) in [6, 6.07) is 8.13. The summed E-state index contributed by atoms with van der Waals surface area (Å²) >= 11 is 0. The summed E-state index contributed by atoms with van der Waals surface area (Å²) in [6.07, 6.45) is 6.86. The molecule has 3 aromatic rings. The zero-order chi connectivity index (χ0) is 13.5. The average Bonchev–Trinajstić information content (AvgIpc) is 2.92. The molecule has 0 unspecified atom stereocenters. The van der Waals surface area contributed by atoms with Gasteiger partial charge in [0.05, 0.1) is 0 Å². The highest BCUT2D eigenvalue weighted by molar-refractivity contribution is 5.92. The number of hydrogen-bond donors (Lipinski definition) is 1. The van der Waals surface area contributed by atoms with Crippen LogP contribution in [-0.2, 0) is 4.79 Å². The smallest absolute Gasteiger partial charge is 0.137 e. The number of Topliss-reactive ketones (excluding diaryl/α,β-unsaturated/α-hetero) is 1. The highest BCUT2D eigenvalue weighted by Crippen LogP contribution is 2.33. The molecule has 1 saturated carbocycles. The molecule has 1 aliphatic rings. The Morgan fingerprint density at radius 2 is 2.00 bits per heavy atom. The van der Waals surface area contributed by atoms with Crippen LogP contribution in [0, 0.1) is 0 Å². The molecular formula is C16H13N3O. The Morgan fingerprint density at radius 1 is 1.10 bits per heavy atom. The third kappa shape index (κ3) is 1.72. The van der Waals surface area contributed by atoms with Crippen LogP contribution in [0.5, 0.6) is 0 Å². The molecule has 4 heteroatoms. The average molecular weight is 263 g/mol. The van der Waals surface area contributed by atoms with Crippen molar-refractivity contribution in [3.63, 3.8) is 0 Å². The standard InChI is InChI=1S/C16H13N3O/c20-12-7-11(8-12)15-2-1-10(9-19-15)13-3-5-17-16-14(13)4-6-18-16/h1-6,9,11H,7-8H2,(H,17,18). The van der Waals surface area contributed by atoms with Crippen molar-refractivity contribution in [2.24, 2.45) is 0 Å². The van der Waals surface area contributed by atoms with Crippen LogP contribution >= 0.6 is 0 Å². The number of rotatable bonds is 2. The Bertz CT molecular complexity index is 781. The predicted molar refractivity (Wildman–Crippen MR) is 76.3 cm³/mol. The fraction of sp³-hybridized carbons (Fsp3) is 0.188. The van der Waals surface area contributed by atoms with E-state index in [0.717, 1.165) is 27.9 Å². The number of aromatic amines is 1. The molecule has 1 fully saturated rings. The first kappa shape index (κ1) is 11.3. The van der Waals surface area contributed by atoms with Crippen LogP contribution in [0.3, 0.4) is 0 Å². The lowest BCUT2D eigenvalue weighted by molar-refractivity contribution is -0.124. The lowest BCUT2D eigenvalue weighted by Gasteiger charge is -2.23. The van der Waals surface area contributed by atoms with Gasteiger partial charge >= 0.3 is 0 Å². The van der Waals surface area contributed by atoms with Gasteiger partial charge in [0.15, 0.2) is 0 Å². The van der Waals surface area contributed by atoms with E-state index in [-0.39, 0.29) is 0 Å². The maximum atomic E-state index is 11.1. The highest BCUT2D eigenvalue weighted by atomic mass is 16.1. The monoisotopic (exact) mass is 263 g/mol. The Morgan fingerprint density at radius 3 is 2.75 bits per heavy atom. The van der Waals surface area contributed by atoms with E-state index >= 15 is 0 Å². The topological polar surface area (TPSA) is 58.6 Å². The second kappa shape index (κ2) is 4.27. The number of aromatic nitrogens is 3. The lowest BCUT2D eigenvalue weighted by Crippen LogP contribution is -2.21. The zero-order valence-electron chi connectivity index (χ0n) is 10.8. The maximum Gasteiger partial charge on any atom is 0.137 e. The minimum Gasteiger partial charge on any atom is -0.346 e. The summed E-state index contributed by atoms with van der Waals surface area (Å²) in [7, 11) is 0. The second-order valence-corrected chi connectivity index (χ2v) is 5.21. The van der Waals surface area contributed by atoms with Gasteiger partial charge in [-0.15, -0.1) is 0 Å². The molecule has 20 heavy (non-hydrogen) atoms. The van der Waals surface area contributed by atoms with Crippen molar-refractivity contribution >= 4 is 16.8 Å². The Labute approximate surface area is 115 Å². The maximum absolute atomic E-state index is 11.1. The van der Waals surface area contributed by atoms with Crippen molar-refractivity contribution in [2.75, 3.05) is 0 Å². The number of H-pyrrole nitrogens is 1. The minimum atomic E-state index is 0.321. The third-order valence-electron chi connectivity index (χ3n) is 3.92. The van der Waals surface area contributed by atoms with E-state index in [1.807, 2.05) is 30.6 Å². The molecule has 98 valence electrons. The molecule has 3 aromatic heterocycles. The molecule has 0 aromatic carbocycles. The molecular weight excluding hydrogens is 250 g/mol. The van der Waals surface area contributed by atoms with E-state index in [0.29, 0.717) is 24.5 Å². The largest absolute Gasteiger partial charge is 0.346 e. The fourth-order valence-electron chi connectivity index (χ4n) is 2.72. The molecule has 0 atom stereocenters. The van der Waals surface area contributed by atoms with Gasteiger partial charge < -0.3 is 4.98 Å². The number of nitrogens with zero attached hydrogens (tertiary/aromatic N) is 2. The molecule has 0 radical (unpaired) electrons. The van der Waals surface area contributed by atoms with Crippen LogP contribution in [0.4, 0.5) is 0 Å². The molecule has 0 spiro atoms. The van der Waals surface area contributed by atoms with Gasteiger partial charge in [-0.3, -0.25) is 9.78 Å². The molecule has 0 bridgehead atoms. The van der Waals surface area contributed by atoms with Crippen LogP contribution in [-0.4, -0.2) is 20.7 Å². The summed E-state index contributed by atoms with van der Waals surface area (Å²) in [6.45, 7) is 0. The lowest BCUT2D eigenvalue weighted by atomic mass is 9.81. The normalized spacial score (nSPS) is 15.5. The van der Waals surface area contributed by atoms with E-state index in [1.54, 1.807) is 6.20 Å². The number of hydrogen-bond acceptors (Lipinski definition) is 3. The van der Waals surface area contributed by atoms with Gasteiger partial charge in [-0.25, -0.2) is 4.98 Å². The van der Waals surface area contributed by atoms with Gasteiger partial charge in [-0.1, -0.05) is 6.07 Å². The highest BCUT2D eigenvalue weighted by Gasteiger charge is 2.28. The quantitative estimate of drug-likeness (QED) is 0.773. The van der Waals surface area contributed by atoms with Gasteiger partial charge in [0.25, 0.3) is 0 Å². The van der Waals surface area contributed by atoms with Crippen molar-refractivity contribution in [3.8, 4) is 11.1 Å². The van der Waals surface area contributed by atoms with E-state index in [4.69, 9.17) is 0 Å². The molecule has 1 N–H and O–H groups in total. The van der Waals surface area contributed by atoms with Crippen LogP contribution in [0.25, 0.3) is 22.2 Å². The van der Waals surface area contributed by atoms with Crippen molar-refractivity contribution < 1.29 is 4.79 Å². The van der Waals surface area contributed by atoms with E-state index < -0.39 is 0 Å². The molecule has 0 aliphatic heterocycles. The van der Waals surface area contributed by atoms with E-state index in [9.17, 15) is 4.79 Å². The Hall–Kier alpha value is -2.49. The summed E-state index contributed by atoms with van der Waals surface area (Å²) in [5.74, 6) is 0.658. The van der Waals surface area contributed by atoms with Crippen LogP contribution < -0.4 is 0 Å². The van der Waals surface area contributed by atoms with Gasteiger partial charge in [-0.2, -0.15) is 0 Å². The van der Waals surface area contributed by atoms with Crippen molar-refractivity contribution in [1.29, 1.82) is 0 Å². The molecule has 1 aliphatic carbocycles. The number of carbonyl (C=O) groups excluding carboxylic acids is 1. The number of fused-ring (bicyclic) bond motifs is 1. The van der Waals surface area contributed by atoms with Gasteiger partial charge in [0.2, 0.25) is 0 Å². The first-order chi connectivity index (χ1) is 9.81. The number of pyridine rings is 2. The van der Waals surface area contributed by atoms with Gasteiger partial charge in [-0.05, 0) is 23.8 Å².